The molecule has 1 aliphatic carbocycles. The molecule has 3 nitrogen and oxygen atoms in total. The fourth-order valence-corrected chi connectivity index (χ4v) is 2.72. The van der Waals surface area contributed by atoms with Crippen molar-refractivity contribution >= 4 is 15.9 Å². The Kier molecular flexibility index (Phi) is 3.22. The first-order valence-electron chi connectivity index (χ1n) is 5.68. The Morgan fingerprint density at radius 2 is 2.06 bits per heavy atom. The lowest BCUT2D eigenvalue weighted by Gasteiger charge is -2.31. The van der Waals surface area contributed by atoms with Crippen LogP contribution >= 0.6 is 15.9 Å². The topological polar surface area (TPSA) is 48.0 Å². The molecule has 0 saturated heterocycles. The van der Waals surface area contributed by atoms with Gasteiger partial charge in [-0.1, -0.05) is 0 Å². The lowest BCUT2D eigenvalue weighted by molar-refractivity contribution is 0.300. The van der Waals surface area contributed by atoms with Crippen LogP contribution in [-0.4, -0.2) is 4.57 Å². The Bertz CT molecular complexity index is 475. The maximum atomic E-state index is 12.3. The largest absolute Gasteiger partial charge is 0.326 e. The highest BCUT2D eigenvalue weighted by atomic mass is 79.9. The number of hydrogen-bond acceptors (Lipinski definition) is 2. The van der Waals surface area contributed by atoms with E-state index in [1.807, 2.05) is 18.4 Å². The average molecular weight is 285 g/mol. The van der Waals surface area contributed by atoms with Gasteiger partial charge in [-0.15, -0.1) is 0 Å². The molecule has 1 aliphatic rings. The molecule has 0 spiro atoms. The molecular formula is C12H17BrN2O. The van der Waals surface area contributed by atoms with Crippen molar-refractivity contribution in [2.75, 3.05) is 0 Å². The molecule has 1 heterocycles. The van der Waals surface area contributed by atoms with Crippen LogP contribution in [0.4, 0.5) is 0 Å². The first kappa shape index (κ1) is 11.9. The van der Waals surface area contributed by atoms with E-state index >= 15 is 0 Å². The third kappa shape index (κ3) is 1.64. The molecule has 1 saturated carbocycles. The summed E-state index contributed by atoms with van der Waals surface area (Å²) in [5.74, 6) is 0. The normalized spacial score (nSPS) is 16.2. The van der Waals surface area contributed by atoms with Gasteiger partial charge in [-0.05, 0) is 54.6 Å². The number of pyridine rings is 1. The molecule has 88 valence electrons. The van der Waals surface area contributed by atoms with Crippen LogP contribution in [0.5, 0.6) is 0 Å². The molecule has 4 heteroatoms. The zero-order valence-corrected chi connectivity index (χ0v) is 11.3. The minimum Gasteiger partial charge on any atom is -0.326 e. The van der Waals surface area contributed by atoms with E-state index in [1.54, 1.807) is 0 Å². The lowest BCUT2D eigenvalue weighted by atomic mass is 9.92. The third-order valence-corrected chi connectivity index (χ3v) is 4.75. The molecule has 16 heavy (non-hydrogen) atoms. The van der Waals surface area contributed by atoms with Crippen LogP contribution in [-0.2, 0) is 6.54 Å². The van der Waals surface area contributed by atoms with Crippen molar-refractivity contribution in [3.63, 3.8) is 0 Å². The van der Waals surface area contributed by atoms with Gasteiger partial charge < -0.3 is 10.3 Å². The fraction of sp³-hybridized carbons (Fsp3) is 0.583. The molecule has 0 amide bonds. The van der Waals surface area contributed by atoms with Crippen LogP contribution in [0.15, 0.2) is 9.27 Å². The Labute approximate surface area is 104 Å². The van der Waals surface area contributed by atoms with Gasteiger partial charge in [0.05, 0.1) is 0 Å². The number of halogens is 1. The number of nitrogens with zero attached hydrogens (tertiary/aromatic N) is 1. The number of aromatic nitrogens is 1. The van der Waals surface area contributed by atoms with E-state index < -0.39 is 0 Å². The summed E-state index contributed by atoms with van der Waals surface area (Å²) in [6.45, 7) is 4.26. The summed E-state index contributed by atoms with van der Waals surface area (Å²) in [6, 6.07) is 0.384. The summed E-state index contributed by atoms with van der Waals surface area (Å²) >= 11 is 3.56. The zero-order chi connectivity index (χ0) is 11.9. The molecule has 0 aliphatic heterocycles. The molecule has 1 fully saturated rings. The predicted molar refractivity (Wildman–Crippen MR) is 68.7 cm³/mol. The Morgan fingerprint density at radius 3 is 2.50 bits per heavy atom. The van der Waals surface area contributed by atoms with Crippen molar-refractivity contribution < 1.29 is 0 Å². The van der Waals surface area contributed by atoms with E-state index in [2.05, 4.69) is 15.9 Å². The molecular weight excluding hydrogens is 268 g/mol. The predicted octanol–water partition coefficient (Wildman–Crippen LogP) is 2.41. The second-order valence-corrected chi connectivity index (χ2v) is 5.26. The molecule has 0 bridgehead atoms. The van der Waals surface area contributed by atoms with Crippen molar-refractivity contribution in [3.05, 3.63) is 31.6 Å². The minimum absolute atomic E-state index is 0.102. The highest BCUT2D eigenvalue weighted by Gasteiger charge is 2.24. The minimum atomic E-state index is 0.102. The van der Waals surface area contributed by atoms with Crippen LogP contribution in [0.1, 0.15) is 42.1 Å². The lowest BCUT2D eigenvalue weighted by Crippen LogP contribution is -2.34. The molecule has 2 N–H and O–H groups in total. The van der Waals surface area contributed by atoms with Crippen molar-refractivity contribution in [1.29, 1.82) is 0 Å². The van der Waals surface area contributed by atoms with Gasteiger partial charge in [0.2, 0.25) is 0 Å². The molecule has 0 unspecified atom stereocenters. The summed E-state index contributed by atoms with van der Waals surface area (Å²) < 4.78 is 2.95. The Balaban J connectivity index is 2.68. The van der Waals surface area contributed by atoms with Gasteiger partial charge in [-0.3, -0.25) is 4.79 Å². The van der Waals surface area contributed by atoms with Gasteiger partial charge >= 0.3 is 0 Å². The van der Waals surface area contributed by atoms with E-state index in [0.717, 1.165) is 34.1 Å². The number of nitrogens with two attached hydrogens (primary N) is 1. The summed E-state index contributed by atoms with van der Waals surface area (Å²) in [6.07, 6.45) is 3.44. The third-order valence-electron chi connectivity index (χ3n) is 3.58. The molecule has 2 rings (SSSR count). The Morgan fingerprint density at radius 1 is 1.44 bits per heavy atom. The number of hydrogen-bond donors (Lipinski definition) is 1. The maximum Gasteiger partial charge on any atom is 0.255 e. The van der Waals surface area contributed by atoms with Crippen LogP contribution in [0.3, 0.4) is 0 Å². The summed E-state index contributed by atoms with van der Waals surface area (Å²) in [5, 5.41) is 0. The van der Waals surface area contributed by atoms with E-state index in [1.165, 1.54) is 6.42 Å². The number of rotatable bonds is 2. The van der Waals surface area contributed by atoms with Gasteiger partial charge in [0.15, 0.2) is 0 Å². The summed E-state index contributed by atoms with van der Waals surface area (Å²) in [4.78, 5) is 12.3. The van der Waals surface area contributed by atoms with Gasteiger partial charge in [0.1, 0.15) is 0 Å². The molecule has 1 aromatic heterocycles. The van der Waals surface area contributed by atoms with Crippen LogP contribution < -0.4 is 11.3 Å². The van der Waals surface area contributed by atoms with Crippen LogP contribution in [0.25, 0.3) is 0 Å². The molecule has 0 atom stereocenters. The van der Waals surface area contributed by atoms with Gasteiger partial charge in [0, 0.05) is 28.3 Å². The van der Waals surface area contributed by atoms with Crippen molar-refractivity contribution in [3.8, 4) is 0 Å². The van der Waals surface area contributed by atoms with Crippen molar-refractivity contribution in [2.24, 2.45) is 5.73 Å². The van der Waals surface area contributed by atoms with E-state index in [9.17, 15) is 4.79 Å². The highest BCUT2D eigenvalue weighted by molar-refractivity contribution is 9.10. The first-order chi connectivity index (χ1) is 7.57. The standard InChI is InChI=1S/C12H17BrN2O/c1-7-10(6-14)12(16)15(8(2)11(7)13)9-4-3-5-9/h9H,3-6,14H2,1-2H3. The Hall–Kier alpha value is -0.610. The molecule has 1 aromatic rings. The summed E-state index contributed by atoms with van der Waals surface area (Å²) in [5.41, 5.74) is 8.53. The van der Waals surface area contributed by atoms with E-state index in [4.69, 9.17) is 5.73 Å². The first-order valence-corrected chi connectivity index (χ1v) is 6.47. The van der Waals surface area contributed by atoms with Gasteiger partial charge in [-0.2, -0.15) is 0 Å². The fourth-order valence-electron chi connectivity index (χ4n) is 2.29. The van der Waals surface area contributed by atoms with Crippen LogP contribution in [0, 0.1) is 13.8 Å². The molecule has 0 aromatic carbocycles. The average Bonchev–Trinajstić information content (AvgIpc) is 2.19. The second kappa shape index (κ2) is 4.34. The van der Waals surface area contributed by atoms with Crippen molar-refractivity contribution in [1.82, 2.24) is 4.57 Å². The quantitative estimate of drug-likeness (QED) is 0.907. The van der Waals surface area contributed by atoms with Crippen LogP contribution in [0.2, 0.25) is 0 Å². The monoisotopic (exact) mass is 284 g/mol. The van der Waals surface area contributed by atoms with Gasteiger partial charge in [-0.25, -0.2) is 0 Å². The second-order valence-electron chi connectivity index (χ2n) is 4.47. The van der Waals surface area contributed by atoms with E-state index in [-0.39, 0.29) is 5.56 Å². The van der Waals surface area contributed by atoms with E-state index in [0.29, 0.717) is 12.6 Å². The van der Waals surface area contributed by atoms with Gasteiger partial charge in [0.25, 0.3) is 5.56 Å². The smallest absolute Gasteiger partial charge is 0.255 e. The maximum absolute atomic E-state index is 12.3. The SMILES string of the molecule is Cc1c(Br)c(C)n(C2CCC2)c(=O)c1CN. The molecule has 0 radical (unpaired) electrons. The highest BCUT2D eigenvalue weighted by Crippen LogP contribution is 2.33. The zero-order valence-electron chi connectivity index (χ0n) is 9.72. The summed E-state index contributed by atoms with van der Waals surface area (Å²) in [7, 11) is 0. The van der Waals surface area contributed by atoms with Crippen molar-refractivity contribution in [2.45, 2.75) is 45.7 Å².